The molecule has 2 heterocycles. The van der Waals surface area contributed by atoms with E-state index >= 15 is 0 Å². The van der Waals surface area contributed by atoms with Crippen LogP contribution in [0, 0.1) is 0 Å². The topological polar surface area (TPSA) is 63.9 Å². The van der Waals surface area contributed by atoms with Gasteiger partial charge in [-0.15, -0.1) is 0 Å². The molecule has 0 unspecified atom stereocenters. The minimum atomic E-state index is -0.688. The normalized spacial score (nSPS) is 15.4. The predicted octanol–water partition coefficient (Wildman–Crippen LogP) is 5.03. The fourth-order valence-corrected chi connectivity index (χ4v) is 6.31. The Morgan fingerprint density at radius 3 is 2.50 bits per heavy atom. The van der Waals surface area contributed by atoms with Crippen molar-refractivity contribution in [2.75, 3.05) is 20.2 Å². The van der Waals surface area contributed by atoms with Gasteiger partial charge < -0.3 is 9.64 Å². The molecule has 0 aliphatic carbocycles. The van der Waals surface area contributed by atoms with Crippen molar-refractivity contribution in [2.24, 2.45) is 4.99 Å². The minimum Gasteiger partial charge on any atom is -0.496 e. The second-order valence-electron chi connectivity index (χ2n) is 9.01. The van der Waals surface area contributed by atoms with Gasteiger partial charge in [0.25, 0.3) is 11.5 Å². The van der Waals surface area contributed by atoms with E-state index in [-0.39, 0.29) is 11.5 Å². The lowest BCUT2D eigenvalue weighted by atomic mass is 9.90. The van der Waals surface area contributed by atoms with Gasteiger partial charge in [-0.05, 0) is 61.4 Å². The molecule has 6 nitrogen and oxygen atoms in total. The van der Waals surface area contributed by atoms with Gasteiger partial charge in [0, 0.05) is 23.1 Å². The molecule has 0 saturated heterocycles. The van der Waals surface area contributed by atoms with Crippen molar-refractivity contribution >= 4 is 50.0 Å². The van der Waals surface area contributed by atoms with Crippen LogP contribution in [-0.4, -0.2) is 35.6 Å². The van der Waals surface area contributed by atoms with E-state index in [4.69, 9.17) is 9.73 Å². The number of ether oxygens (including phenoxy) is 1. The largest absolute Gasteiger partial charge is 0.496 e. The number of nitrogens with zero attached hydrogens (tertiary/aromatic N) is 3. The molecule has 0 N–H and O–H groups in total. The predicted molar refractivity (Wildman–Crippen MR) is 156 cm³/mol. The number of aromatic nitrogens is 1. The highest BCUT2D eigenvalue weighted by atomic mass is 79.9. The van der Waals surface area contributed by atoms with Crippen LogP contribution in [0.15, 0.2) is 86.2 Å². The maximum atomic E-state index is 14.1. The number of carbonyl (C=O) groups excluding carboxylic acids is 1. The summed E-state index contributed by atoms with van der Waals surface area (Å²) in [5, 5.41) is 1.93. The first-order valence-electron chi connectivity index (χ1n) is 12.5. The number of benzene rings is 3. The van der Waals surface area contributed by atoms with E-state index in [9.17, 15) is 9.59 Å². The zero-order chi connectivity index (χ0) is 27.0. The number of rotatable bonds is 6. The zero-order valence-electron chi connectivity index (χ0n) is 21.7. The number of amides is 1. The molecule has 8 heteroatoms. The molecule has 0 saturated carbocycles. The lowest BCUT2D eigenvalue weighted by Gasteiger charge is -2.30. The van der Waals surface area contributed by atoms with Gasteiger partial charge in [0.1, 0.15) is 11.8 Å². The number of thiazole rings is 1. The Kier molecular flexibility index (Phi) is 7.36. The first-order chi connectivity index (χ1) is 18.4. The third kappa shape index (κ3) is 4.52. The van der Waals surface area contributed by atoms with Gasteiger partial charge in [-0.1, -0.05) is 69.7 Å². The Hall–Kier alpha value is -3.49. The van der Waals surface area contributed by atoms with Crippen LogP contribution in [-0.2, 0) is 4.79 Å². The molecule has 1 aromatic heterocycles. The Labute approximate surface area is 233 Å². The summed E-state index contributed by atoms with van der Waals surface area (Å²) < 4.78 is 9.04. The summed E-state index contributed by atoms with van der Waals surface area (Å²) in [6, 6.07) is 19.0. The van der Waals surface area contributed by atoms with Crippen LogP contribution in [0.25, 0.3) is 16.8 Å². The van der Waals surface area contributed by atoms with Crippen molar-refractivity contribution in [3.63, 3.8) is 0 Å². The van der Waals surface area contributed by atoms with E-state index in [2.05, 4.69) is 15.9 Å². The van der Waals surface area contributed by atoms with E-state index in [1.807, 2.05) is 87.5 Å². The van der Waals surface area contributed by atoms with Crippen LogP contribution in [0.4, 0.5) is 0 Å². The third-order valence-electron chi connectivity index (χ3n) is 6.89. The molecular weight excluding hydrogens is 562 g/mol. The first kappa shape index (κ1) is 26.1. The standard InChI is InChI=1S/C30H28BrN3O3S/c1-5-33(6-2)29(36)25-18(3)32-30-34(28(35)24(38-30)17-19-11-14-21(31)15-12-19)27(25)26-22-10-8-7-9-20(22)13-16-23(26)37-4/h7-17,27H,5-6H2,1-4H3/b24-17+/t27-/m1/s1. The van der Waals surface area contributed by atoms with Gasteiger partial charge in [-0.2, -0.15) is 0 Å². The van der Waals surface area contributed by atoms with Gasteiger partial charge >= 0.3 is 0 Å². The number of fused-ring (bicyclic) bond motifs is 2. The van der Waals surface area contributed by atoms with E-state index in [1.54, 1.807) is 16.6 Å². The Bertz CT molecular complexity index is 1750. The van der Waals surface area contributed by atoms with Gasteiger partial charge in [-0.25, -0.2) is 4.99 Å². The van der Waals surface area contributed by atoms with Gasteiger partial charge in [0.2, 0.25) is 0 Å². The Morgan fingerprint density at radius 2 is 1.82 bits per heavy atom. The summed E-state index contributed by atoms with van der Waals surface area (Å²) in [5.74, 6) is 0.495. The van der Waals surface area contributed by atoms with Crippen molar-refractivity contribution in [1.29, 1.82) is 0 Å². The number of allylic oxidation sites excluding steroid dienone is 1. The highest BCUT2D eigenvalue weighted by Crippen LogP contribution is 2.40. The number of halogens is 1. The van der Waals surface area contributed by atoms with E-state index in [0.717, 1.165) is 26.4 Å². The molecule has 0 radical (unpaired) electrons. The number of hydrogen-bond donors (Lipinski definition) is 0. The monoisotopic (exact) mass is 589 g/mol. The SMILES string of the molecule is CCN(CC)C(=O)C1=C(C)N=c2s/c(=C/c3ccc(Br)cc3)c(=O)n2[C@H]1c1c(OC)ccc2ccccc12. The molecule has 5 rings (SSSR count). The zero-order valence-corrected chi connectivity index (χ0v) is 24.1. The van der Waals surface area contributed by atoms with Crippen molar-refractivity contribution < 1.29 is 9.53 Å². The smallest absolute Gasteiger partial charge is 0.271 e. The molecular formula is C30H28BrN3O3S. The molecule has 0 fully saturated rings. The van der Waals surface area contributed by atoms with Crippen molar-refractivity contribution in [3.05, 3.63) is 107 Å². The Morgan fingerprint density at radius 1 is 1.11 bits per heavy atom. The lowest BCUT2D eigenvalue weighted by molar-refractivity contribution is -0.127. The second kappa shape index (κ2) is 10.7. The molecule has 194 valence electrons. The first-order valence-corrected chi connectivity index (χ1v) is 14.1. The number of carbonyl (C=O) groups is 1. The molecule has 1 amide bonds. The molecule has 0 bridgehead atoms. The summed E-state index contributed by atoms with van der Waals surface area (Å²) in [6.07, 6.45) is 1.87. The molecule has 1 aliphatic rings. The fourth-order valence-electron chi connectivity index (χ4n) is 5.00. The second-order valence-corrected chi connectivity index (χ2v) is 10.9. The molecule has 4 aromatic rings. The summed E-state index contributed by atoms with van der Waals surface area (Å²) in [7, 11) is 1.62. The van der Waals surface area contributed by atoms with Crippen LogP contribution in [0.5, 0.6) is 5.75 Å². The molecule has 38 heavy (non-hydrogen) atoms. The van der Waals surface area contributed by atoms with Crippen molar-refractivity contribution in [1.82, 2.24) is 9.47 Å². The summed E-state index contributed by atoms with van der Waals surface area (Å²) in [5.41, 5.74) is 2.61. The Balaban J connectivity index is 1.85. The summed E-state index contributed by atoms with van der Waals surface area (Å²) in [6.45, 7) is 6.88. The molecule has 3 aromatic carbocycles. The van der Waals surface area contributed by atoms with Crippen LogP contribution >= 0.6 is 27.3 Å². The highest BCUT2D eigenvalue weighted by Gasteiger charge is 2.36. The van der Waals surface area contributed by atoms with Crippen molar-refractivity contribution in [2.45, 2.75) is 26.8 Å². The average molecular weight is 591 g/mol. The van der Waals surface area contributed by atoms with Crippen LogP contribution in [0.3, 0.4) is 0 Å². The maximum absolute atomic E-state index is 14.1. The van der Waals surface area contributed by atoms with Crippen LogP contribution in [0.1, 0.15) is 37.9 Å². The quantitative estimate of drug-likeness (QED) is 0.317. The molecule has 1 atom stereocenters. The molecule has 0 spiro atoms. The lowest BCUT2D eigenvalue weighted by Crippen LogP contribution is -2.43. The van der Waals surface area contributed by atoms with E-state index in [0.29, 0.717) is 39.4 Å². The fraction of sp³-hybridized carbons (Fsp3) is 0.233. The van der Waals surface area contributed by atoms with Crippen molar-refractivity contribution in [3.8, 4) is 5.75 Å². The third-order valence-corrected chi connectivity index (χ3v) is 8.41. The average Bonchev–Trinajstić information content (AvgIpc) is 3.23. The summed E-state index contributed by atoms with van der Waals surface area (Å²) >= 11 is 4.80. The highest BCUT2D eigenvalue weighted by molar-refractivity contribution is 9.10. The van der Waals surface area contributed by atoms with Crippen LogP contribution in [0.2, 0.25) is 0 Å². The van der Waals surface area contributed by atoms with Crippen LogP contribution < -0.4 is 19.6 Å². The van der Waals surface area contributed by atoms with Gasteiger partial charge in [0.05, 0.1) is 22.9 Å². The maximum Gasteiger partial charge on any atom is 0.271 e. The van der Waals surface area contributed by atoms with Gasteiger partial charge in [-0.3, -0.25) is 14.2 Å². The minimum absolute atomic E-state index is 0.126. The summed E-state index contributed by atoms with van der Waals surface area (Å²) in [4.78, 5) is 35.2. The number of hydrogen-bond acceptors (Lipinski definition) is 5. The molecule has 1 aliphatic heterocycles. The number of likely N-dealkylation sites (N-methyl/N-ethyl adjacent to an activating group) is 1. The van der Waals surface area contributed by atoms with E-state index < -0.39 is 6.04 Å². The van der Waals surface area contributed by atoms with E-state index in [1.165, 1.54) is 11.3 Å². The number of methoxy groups -OCH3 is 1. The van der Waals surface area contributed by atoms with Gasteiger partial charge in [0.15, 0.2) is 4.80 Å².